The Morgan fingerprint density at radius 3 is 2.62 bits per heavy atom. The highest BCUT2D eigenvalue weighted by molar-refractivity contribution is 5.50. The van der Waals surface area contributed by atoms with E-state index in [1.807, 2.05) is 30.4 Å². The Hall–Kier alpha value is -1.76. The van der Waals surface area contributed by atoms with E-state index in [0.717, 1.165) is 6.42 Å². The van der Waals surface area contributed by atoms with E-state index in [0.29, 0.717) is 5.76 Å². The van der Waals surface area contributed by atoms with Crippen molar-refractivity contribution in [3.63, 3.8) is 0 Å². The highest BCUT2D eigenvalue weighted by Gasteiger charge is 2.18. The Balaban J connectivity index is 2.11. The van der Waals surface area contributed by atoms with Crippen LogP contribution in [0.4, 0.5) is 0 Å². The molecule has 1 nitrogen and oxygen atoms in total. The molecular formula is C15H16O. The predicted molar refractivity (Wildman–Crippen MR) is 68.1 cm³/mol. The van der Waals surface area contributed by atoms with Gasteiger partial charge in [0.2, 0.25) is 0 Å². The van der Waals surface area contributed by atoms with Gasteiger partial charge in [-0.25, -0.2) is 0 Å². The molecule has 0 saturated heterocycles. The first-order valence-electron chi connectivity index (χ1n) is 5.51. The molecule has 0 amide bonds. The molecule has 0 spiro atoms. The number of benzene rings is 1. The number of hydrogen-bond donors (Lipinski definition) is 1. The van der Waals surface area contributed by atoms with Gasteiger partial charge >= 0.3 is 0 Å². The van der Waals surface area contributed by atoms with Crippen LogP contribution in [0.3, 0.4) is 0 Å². The van der Waals surface area contributed by atoms with Gasteiger partial charge in [0, 0.05) is 5.41 Å². The summed E-state index contributed by atoms with van der Waals surface area (Å²) in [6.45, 7) is 2.16. The maximum Gasteiger partial charge on any atom is 0.111 e. The molecule has 1 atom stereocenters. The van der Waals surface area contributed by atoms with E-state index < -0.39 is 0 Å². The average molecular weight is 212 g/mol. The summed E-state index contributed by atoms with van der Waals surface area (Å²) in [5, 5.41) is 9.28. The third-order valence-electron chi connectivity index (χ3n) is 2.84. The molecule has 1 aliphatic carbocycles. The Bertz CT molecular complexity index is 440. The average Bonchev–Trinajstić information content (AvgIpc) is 2.33. The lowest BCUT2D eigenvalue weighted by Gasteiger charge is -2.22. The molecule has 0 heterocycles. The van der Waals surface area contributed by atoms with Crippen LogP contribution in [0.2, 0.25) is 0 Å². The molecule has 1 aromatic carbocycles. The fourth-order valence-corrected chi connectivity index (χ4v) is 1.71. The molecular weight excluding hydrogens is 196 g/mol. The van der Waals surface area contributed by atoms with Crippen LogP contribution in [0.25, 0.3) is 6.08 Å². The Labute approximate surface area is 96.4 Å². The summed E-state index contributed by atoms with van der Waals surface area (Å²) in [5.41, 5.74) is 1.22. The van der Waals surface area contributed by atoms with Crippen LogP contribution in [0.1, 0.15) is 18.9 Å². The first-order chi connectivity index (χ1) is 7.68. The molecule has 82 valence electrons. The van der Waals surface area contributed by atoms with Gasteiger partial charge in [-0.2, -0.15) is 0 Å². The van der Waals surface area contributed by atoms with Crippen molar-refractivity contribution >= 4 is 6.08 Å². The quantitative estimate of drug-likeness (QED) is 0.782. The molecule has 0 bridgehead atoms. The molecule has 1 heteroatoms. The summed E-state index contributed by atoms with van der Waals surface area (Å²) < 4.78 is 0. The Morgan fingerprint density at radius 2 is 2.00 bits per heavy atom. The maximum absolute atomic E-state index is 9.28. The summed E-state index contributed by atoms with van der Waals surface area (Å²) in [4.78, 5) is 0. The van der Waals surface area contributed by atoms with Crippen molar-refractivity contribution in [2.45, 2.75) is 13.3 Å². The summed E-state index contributed by atoms with van der Waals surface area (Å²) in [7, 11) is 0. The molecule has 1 aromatic rings. The van der Waals surface area contributed by atoms with Gasteiger partial charge in [-0.3, -0.25) is 0 Å². The molecule has 1 aliphatic rings. The molecule has 0 radical (unpaired) electrons. The summed E-state index contributed by atoms with van der Waals surface area (Å²) in [5.74, 6) is 0.366. The first kappa shape index (κ1) is 10.7. The van der Waals surface area contributed by atoms with Crippen LogP contribution in [0, 0.1) is 5.41 Å². The molecule has 0 aromatic heterocycles. The maximum atomic E-state index is 9.28. The van der Waals surface area contributed by atoms with E-state index >= 15 is 0 Å². The zero-order valence-corrected chi connectivity index (χ0v) is 9.43. The van der Waals surface area contributed by atoms with Gasteiger partial charge in [0.05, 0.1) is 0 Å². The van der Waals surface area contributed by atoms with Crippen molar-refractivity contribution in [2.24, 2.45) is 5.41 Å². The highest BCUT2D eigenvalue weighted by atomic mass is 16.3. The van der Waals surface area contributed by atoms with E-state index in [-0.39, 0.29) is 5.41 Å². The van der Waals surface area contributed by atoms with Crippen LogP contribution >= 0.6 is 0 Å². The molecule has 0 fully saturated rings. The molecule has 1 N–H and O–H groups in total. The van der Waals surface area contributed by atoms with Gasteiger partial charge < -0.3 is 5.11 Å². The van der Waals surface area contributed by atoms with Crippen molar-refractivity contribution < 1.29 is 5.11 Å². The normalized spacial score (nSPS) is 24.7. The fraction of sp³-hybridized carbons (Fsp3) is 0.200. The molecule has 0 aliphatic heterocycles. The highest BCUT2D eigenvalue weighted by Crippen LogP contribution is 2.30. The van der Waals surface area contributed by atoms with Crippen LogP contribution in [0.5, 0.6) is 0 Å². The van der Waals surface area contributed by atoms with Gasteiger partial charge in [0.15, 0.2) is 0 Å². The monoisotopic (exact) mass is 212 g/mol. The standard InChI is InChI=1S/C15H16O/c1-15(11-8-14(16)9-12-15)10-7-13-5-3-2-4-6-13/h2-11,16H,12H2,1H3. The molecule has 1 unspecified atom stereocenters. The third kappa shape index (κ3) is 2.63. The van der Waals surface area contributed by atoms with Gasteiger partial charge in [-0.15, -0.1) is 0 Å². The van der Waals surface area contributed by atoms with Crippen molar-refractivity contribution in [2.75, 3.05) is 0 Å². The Kier molecular flexibility index (Phi) is 2.95. The zero-order chi connectivity index (χ0) is 11.4. The molecule has 16 heavy (non-hydrogen) atoms. The SMILES string of the molecule is CC1(C=Cc2ccccc2)C=CC(O)=CC1. The topological polar surface area (TPSA) is 20.2 Å². The lowest BCUT2D eigenvalue weighted by Crippen LogP contribution is -2.11. The summed E-state index contributed by atoms with van der Waals surface area (Å²) in [6.07, 6.45) is 10.8. The first-order valence-corrected chi connectivity index (χ1v) is 5.51. The van der Waals surface area contributed by atoms with E-state index in [2.05, 4.69) is 31.2 Å². The number of aliphatic hydroxyl groups excluding tert-OH is 1. The van der Waals surface area contributed by atoms with Crippen LogP contribution in [0.15, 0.2) is 60.4 Å². The minimum Gasteiger partial charge on any atom is -0.508 e. The summed E-state index contributed by atoms with van der Waals surface area (Å²) >= 11 is 0. The van der Waals surface area contributed by atoms with E-state index in [4.69, 9.17) is 0 Å². The van der Waals surface area contributed by atoms with Gasteiger partial charge in [0.25, 0.3) is 0 Å². The number of rotatable bonds is 2. The van der Waals surface area contributed by atoms with E-state index in [9.17, 15) is 5.11 Å². The van der Waals surface area contributed by atoms with Gasteiger partial charge in [0.1, 0.15) is 5.76 Å². The van der Waals surface area contributed by atoms with Crippen molar-refractivity contribution in [3.8, 4) is 0 Å². The van der Waals surface area contributed by atoms with Gasteiger partial charge in [-0.05, 0) is 24.1 Å². The van der Waals surface area contributed by atoms with Gasteiger partial charge in [-0.1, -0.05) is 55.5 Å². The second kappa shape index (κ2) is 4.40. The van der Waals surface area contributed by atoms with Crippen LogP contribution in [-0.4, -0.2) is 5.11 Å². The minimum absolute atomic E-state index is 0.0159. The van der Waals surface area contributed by atoms with Crippen molar-refractivity contribution in [1.82, 2.24) is 0 Å². The molecule has 0 saturated carbocycles. The van der Waals surface area contributed by atoms with E-state index in [1.165, 1.54) is 5.56 Å². The summed E-state index contributed by atoms with van der Waals surface area (Å²) in [6, 6.07) is 10.2. The lowest BCUT2D eigenvalue weighted by molar-refractivity contribution is 0.412. The minimum atomic E-state index is 0.0159. The van der Waals surface area contributed by atoms with Crippen molar-refractivity contribution in [3.05, 3.63) is 66.0 Å². The largest absolute Gasteiger partial charge is 0.508 e. The number of allylic oxidation sites excluding steroid dienone is 4. The third-order valence-corrected chi connectivity index (χ3v) is 2.84. The molecule has 2 rings (SSSR count). The zero-order valence-electron chi connectivity index (χ0n) is 9.43. The van der Waals surface area contributed by atoms with Crippen molar-refractivity contribution in [1.29, 1.82) is 0 Å². The smallest absolute Gasteiger partial charge is 0.111 e. The van der Waals surface area contributed by atoms with Crippen LogP contribution in [-0.2, 0) is 0 Å². The number of aliphatic hydroxyl groups is 1. The fourth-order valence-electron chi connectivity index (χ4n) is 1.71. The van der Waals surface area contributed by atoms with E-state index in [1.54, 1.807) is 6.08 Å². The second-order valence-corrected chi connectivity index (χ2v) is 4.42. The lowest BCUT2D eigenvalue weighted by atomic mass is 9.83. The second-order valence-electron chi connectivity index (χ2n) is 4.42. The predicted octanol–water partition coefficient (Wildman–Crippen LogP) is 4.11. The number of hydrogen-bond acceptors (Lipinski definition) is 1. The Morgan fingerprint density at radius 1 is 1.25 bits per heavy atom. The van der Waals surface area contributed by atoms with Crippen LogP contribution < -0.4 is 0 Å².